The molecule has 0 aromatic carbocycles. The van der Waals surface area contributed by atoms with Gasteiger partial charge in [0.25, 0.3) is 5.91 Å². The number of nitrogens with two attached hydrogens (primary N) is 1. The Hall–Kier alpha value is -1.18. The molecule has 1 aromatic heterocycles. The van der Waals surface area contributed by atoms with Crippen LogP contribution in [0, 0.1) is 5.92 Å². The molecular formula is C12H20N4O2S. The van der Waals surface area contributed by atoms with Gasteiger partial charge < -0.3 is 20.7 Å². The smallest absolute Gasteiger partial charge is 0.263 e. The van der Waals surface area contributed by atoms with E-state index in [2.05, 4.69) is 15.2 Å². The molecule has 3 N–H and O–H groups in total. The van der Waals surface area contributed by atoms with Crippen molar-refractivity contribution < 1.29 is 9.53 Å². The molecule has 1 aromatic rings. The second kappa shape index (κ2) is 6.83. The van der Waals surface area contributed by atoms with Crippen molar-refractivity contribution in [2.75, 3.05) is 45.6 Å². The topological polar surface area (TPSA) is 80.5 Å². The van der Waals surface area contributed by atoms with Crippen molar-refractivity contribution in [1.29, 1.82) is 0 Å². The molecule has 19 heavy (non-hydrogen) atoms. The van der Waals surface area contributed by atoms with Gasteiger partial charge in [-0.25, -0.2) is 4.98 Å². The number of methoxy groups -OCH3 is 1. The number of carbonyl (C=O) groups excluding carboxylic acids is 1. The van der Waals surface area contributed by atoms with Crippen LogP contribution in [-0.2, 0) is 4.74 Å². The molecule has 1 aliphatic rings. The fraction of sp³-hybridized carbons (Fsp3) is 0.667. The Kier molecular flexibility index (Phi) is 5.12. The lowest BCUT2D eigenvalue weighted by atomic mass is 10.1. The van der Waals surface area contributed by atoms with Gasteiger partial charge in [0.2, 0.25) is 0 Å². The minimum absolute atomic E-state index is 0.0791. The van der Waals surface area contributed by atoms with E-state index in [-0.39, 0.29) is 5.91 Å². The van der Waals surface area contributed by atoms with E-state index >= 15 is 0 Å². The standard InChI is InChI=1S/C12H20N4O2S/c1-18-5-4-16-3-2-9(8-16)6-14-11(17)10-7-15-12(13)19-10/h7,9H,2-6,8H2,1H3,(H2,13,15)(H,14,17). The van der Waals surface area contributed by atoms with Gasteiger partial charge in [-0.15, -0.1) is 0 Å². The summed E-state index contributed by atoms with van der Waals surface area (Å²) < 4.78 is 5.07. The van der Waals surface area contributed by atoms with Crippen LogP contribution in [0.15, 0.2) is 6.20 Å². The molecule has 0 spiro atoms. The number of nitrogen functional groups attached to an aromatic ring is 1. The molecule has 1 fully saturated rings. The van der Waals surface area contributed by atoms with E-state index in [1.807, 2.05) is 0 Å². The molecule has 0 saturated carbocycles. The molecule has 1 amide bonds. The molecule has 1 aliphatic heterocycles. The summed E-state index contributed by atoms with van der Waals surface area (Å²) in [5.74, 6) is 0.440. The average molecular weight is 284 g/mol. The molecule has 2 rings (SSSR count). The number of ether oxygens (including phenoxy) is 1. The number of carbonyl (C=O) groups is 1. The van der Waals surface area contributed by atoms with Crippen LogP contribution >= 0.6 is 11.3 Å². The number of nitrogens with zero attached hydrogens (tertiary/aromatic N) is 2. The summed E-state index contributed by atoms with van der Waals surface area (Å²) in [5, 5.41) is 3.38. The maximum atomic E-state index is 11.8. The van der Waals surface area contributed by atoms with Crippen molar-refractivity contribution in [3.8, 4) is 0 Å². The summed E-state index contributed by atoms with van der Waals surface area (Å²) in [6.45, 7) is 4.54. The molecule has 0 aliphatic carbocycles. The van der Waals surface area contributed by atoms with E-state index in [9.17, 15) is 4.79 Å². The van der Waals surface area contributed by atoms with E-state index in [1.54, 1.807) is 7.11 Å². The zero-order valence-corrected chi connectivity index (χ0v) is 11.9. The number of nitrogens with one attached hydrogen (secondary N) is 1. The lowest BCUT2D eigenvalue weighted by molar-refractivity contribution is 0.0950. The number of thiazole rings is 1. The largest absolute Gasteiger partial charge is 0.383 e. The van der Waals surface area contributed by atoms with Gasteiger partial charge in [0.15, 0.2) is 5.13 Å². The first-order chi connectivity index (χ1) is 9.19. The highest BCUT2D eigenvalue weighted by atomic mass is 32.1. The number of likely N-dealkylation sites (tertiary alicyclic amines) is 1. The average Bonchev–Trinajstić information content (AvgIpc) is 3.02. The van der Waals surface area contributed by atoms with Gasteiger partial charge in [0.1, 0.15) is 4.88 Å². The van der Waals surface area contributed by atoms with Crippen LogP contribution < -0.4 is 11.1 Å². The zero-order valence-electron chi connectivity index (χ0n) is 11.1. The summed E-state index contributed by atoms with van der Waals surface area (Å²) in [5.41, 5.74) is 5.51. The summed E-state index contributed by atoms with van der Waals surface area (Å²) in [4.78, 5) is 18.7. The van der Waals surface area contributed by atoms with Crippen LogP contribution in [0.1, 0.15) is 16.1 Å². The second-order valence-electron chi connectivity index (χ2n) is 4.72. The third kappa shape index (κ3) is 4.15. The van der Waals surface area contributed by atoms with Crippen molar-refractivity contribution in [3.63, 3.8) is 0 Å². The van der Waals surface area contributed by atoms with Crippen LogP contribution in [0.5, 0.6) is 0 Å². The molecular weight excluding hydrogens is 264 g/mol. The van der Waals surface area contributed by atoms with E-state index in [1.165, 1.54) is 17.5 Å². The van der Waals surface area contributed by atoms with Gasteiger partial charge >= 0.3 is 0 Å². The fourth-order valence-corrected chi connectivity index (χ4v) is 2.82. The van der Waals surface area contributed by atoms with Crippen LogP contribution in [-0.4, -0.2) is 55.7 Å². The first kappa shape index (κ1) is 14.2. The maximum Gasteiger partial charge on any atom is 0.263 e. The molecule has 106 valence electrons. The lowest BCUT2D eigenvalue weighted by Gasteiger charge is -2.15. The number of hydrogen-bond donors (Lipinski definition) is 2. The van der Waals surface area contributed by atoms with Crippen molar-refractivity contribution >= 4 is 22.4 Å². The lowest BCUT2D eigenvalue weighted by Crippen LogP contribution is -2.31. The van der Waals surface area contributed by atoms with Gasteiger partial charge in [-0.3, -0.25) is 4.79 Å². The molecule has 0 bridgehead atoms. The highest BCUT2D eigenvalue weighted by Gasteiger charge is 2.22. The summed E-state index contributed by atoms with van der Waals surface area (Å²) in [6, 6.07) is 0. The highest BCUT2D eigenvalue weighted by Crippen LogP contribution is 2.16. The van der Waals surface area contributed by atoms with Crippen molar-refractivity contribution in [3.05, 3.63) is 11.1 Å². The number of rotatable bonds is 6. The Morgan fingerprint density at radius 3 is 3.26 bits per heavy atom. The highest BCUT2D eigenvalue weighted by molar-refractivity contribution is 7.17. The van der Waals surface area contributed by atoms with Gasteiger partial charge in [0, 0.05) is 26.7 Å². The third-order valence-electron chi connectivity index (χ3n) is 3.28. The predicted molar refractivity (Wildman–Crippen MR) is 75.3 cm³/mol. The number of aromatic nitrogens is 1. The van der Waals surface area contributed by atoms with E-state index in [0.717, 1.165) is 32.7 Å². The number of amides is 1. The molecule has 2 heterocycles. The minimum atomic E-state index is -0.0791. The van der Waals surface area contributed by atoms with Gasteiger partial charge in [0.05, 0.1) is 12.8 Å². The predicted octanol–water partition coefficient (Wildman–Crippen LogP) is 0.423. The SMILES string of the molecule is COCCN1CCC(CNC(=O)c2cnc(N)s2)C1. The molecule has 7 heteroatoms. The van der Waals surface area contributed by atoms with Crippen molar-refractivity contribution in [2.45, 2.75) is 6.42 Å². The number of hydrogen-bond acceptors (Lipinski definition) is 6. The van der Waals surface area contributed by atoms with E-state index in [0.29, 0.717) is 22.5 Å². The summed E-state index contributed by atoms with van der Waals surface area (Å²) in [7, 11) is 1.72. The summed E-state index contributed by atoms with van der Waals surface area (Å²) >= 11 is 1.22. The Morgan fingerprint density at radius 2 is 2.58 bits per heavy atom. The Balaban J connectivity index is 1.70. The summed E-state index contributed by atoms with van der Waals surface area (Å²) in [6.07, 6.45) is 2.64. The molecule has 6 nitrogen and oxygen atoms in total. The molecule has 1 atom stereocenters. The third-order valence-corrected chi connectivity index (χ3v) is 4.11. The van der Waals surface area contributed by atoms with Crippen LogP contribution in [0.25, 0.3) is 0 Å². The first-order valence-corrected chi connectivity index (χ1v) is 7.21. The van der Waals surface area contributed by atoms with Crippen LogP contribution in [0.4, 0.5) is 5.13 Å². The van der Waals surface area contributed by atoms with Crippen molar-refractivity contribution in [2.24, 2.45) is 5.92 Å². The normalized spacial score (nSPS) is 19.7. The molecule has 1 unspecified atom stereocenters. The first-order valence-electron chi connectivity index (χ1n) is 6.40. The van der Waals surface area contributed by atoms with Gasteiger partial charge in [-0.05, 0) is 18.9 Å². The van der Waals surface area contributed by atoms with Gasteiger partial charge in [-0.1, -0.05) is 11.3 Å². The van der Waals surface area contributed by atoms with E-state index < -0.39 is 0 Å². The Bertz CT molecular complexity index is 424. The number of anilines is 1. The fourth-order valence-electron chi connectivity index (χ4n) is 2.22. The zero-order chi connectivity index (χ0) is 13.7. The van der Waals surface area contributed by atoms with Crippen LogP contribution in [0.3, 0.4) is 0 Å². The van der Waals surface area contributed by atoms with Gasteiger partial charge in [-0.2, -0.15) is 0 Å². The minimum Gasteiger partial charge on any atom is -0.383 e. The monoisotopic (exact) mass is 284 g/mol. The maximum absolute atomic E-state index is 11.8. The van der Waals surface area contributed by atoms with Crippen LogP contribution in [0.2, 0.25) is 0 Å². The molecule has 0 radical (unpaired) electrons. The quantitative estimate of drug-likeness (QED) is 0.791. The van der Waals surface area contributed by atoms with E-state index in [4.69, 9.17) is 10.5 Å². The Morgan fingerprint density at radius 1 is 1.74 bits per heavy atom. The molecule has 1 saturated heterocycles. The second-order valence-corrected chi connectivity index (χ2v) is 5.78. The Labute approximate surface area is 116 Å². The van der Waals surface area contributed by atoms with Crippen molar-refractivity contribution in [1.82, 2.24) is 15.2 Å².